The van der Waals surface area contributed by atoms with Gasteiger partial charge in [-0.15, -0.1) is 0 Å². The van der Waals surface area contributed by atoms with Crippen molar-refractivity contribution in [3.63, 3.8) is 0 Å². The Morgan fingerprint density at radius 3 is 1.42 bits per heavy atom. The molecular weight excluding hydrogens is 534 g/mol. The Labute approximate surface area is 210 Å². The molecule has 0 saturated heterocycles. The van der Waals surface area contributed by atoms with Crippen LogP contribution in [0.5, 0.6) is 17.2 Å². The van der Waals surface area contributed by atoms with Crippen LogP contribution in [0.15, 0.2) is 48.5 Å². The van der Waals surface area contributed by atoms with Crippen molar-refractivity contribution in [2.45, 2.75) is 50.4 Å². The van der Waals surface area contributed by atoms with Gasteiger partial charge in [-0.3, -0.25) is 0 Å². The number of hydrogen-bond acceptors (Lipinski definition) is 2. The predicted molar refractivity (Wildman–Crippen MR) is 117 cm³/mol. The van der Waals surface area contributed by atoms with Crippen LogP contribution < -0.4 is 4.74 Å². The molecule has 0 fully saturated rings. The van der Waals surface area contributed by atoms with Gasteiger partial charge in [0, 0.05) is 5.56 Å². The fourth-order valence-corrected chi connectivity index (χ4v) is 4.06. The van der Waals surface area contributed by atoms with Crippen LogP contribution in [-0.2, 0) is 10.8 Å². The van der Waals surface area contributed by atoms with Crippen molar-refractivity contribution in [1.29, 1.82) is 0 Å². The summed E-state index contributed by atoms with van der Waals surface area (Å²) >= 11 is 0. The number of rotatable bonds is 6. The van der Waals surface area contributed by atoms with Gasteiger partial charge in [-0.05, 0) is 47.2 Å². The molecule has 0 heterocycles. The Balaban J connectivity index is 2.14. The number of alkyl halides is 6. The molecule has 0 aliphatic heterocycles. The number of aromatic hydroxyl groups is 1. The molecule has 0 amide bonds. The third-order valence-corrected chi connectivity index (χ3v) is 6.44. The zero-order valence-electron chi connectivity index (χ0n) is 20.0. The third kappa shape index (κ3) is 4.64. The first-order valence-corrected chi connectivity index (χ1v) is 11.0. The van der Waals surface area contributed by atoms with E-state index in [0.717, 1.165) is 0 Å². The van der Waals surface area contributed by atoms with E-state index in [1.807, 2.05) is 0 Å². The van der Waals surface area contributed by atoms with E-state index in [-0.39, 0.29) is 6.42 Å². The summed E-state index contributed by atoms with van der Waals surface area (Å²) in [6, 6.07) is 4.02. The summed E-state index contributed by atoms with van der Waals surface area (Å²) < 4.78 is 148. The van der Waals surface area contributed by atoms with Gasteiger partial charge in [0.15, 0.2) is 11.6 Å². The van der Waals surface area contributed by atoms with E-state index in [4.69, 9.17) is 4.74 Å². The van der Waals surface area contributed by atoms with Crippen molar-refractivity contribution < 1.29 is 53.7 Å². The summed E-state index contributed by atoms with van der Waals surface area (Å²) in [4.78, 5) is 0. The van der Waals surface area contributed by atoms with Crippen molar-refractivity contribution in [1.82, 2.24) is 0 Å². The summed E-state index contributed by atoms with van der Waals surface area (Å²) in [5.74, 6) is -10.2. The molecule has 0 aliphatic carbocycles. The fourth-order valence-electron chi connectivity index (χ4n) is 4.06. The monoisotopic (exact) mass is 554 g/mol. The van der Waals surface area contributed by atoms with Crippen LogP contribution in [0.25, 0.3) is 0 Å². The highest BCUT2D eigenvalue weighted by molar-refractivity contribution is 5.48. The fraction of sp³-hybridized carbons (Fsp3) is 0.308. The maximum Gasteiger partial charge on any atom is 0.411 e. The summed E-state index contributed by atoms with van der Waals surface area (Å²) in [7, 11) is 0. The predicted octanol–water partition coefficient (Wildman–Crippen LogP) is 8.84. The molecule has 0 aliphatic rings. The van der Waals surface area contributed by atoms with E-state index in [2.05, 4.69) is 0 Å². The second-order valence-corrected chi connectivity index (χ2v) is 9.12. The molecule has 0 spiro atoms. The molecule has 0 bridgehead atoms. The van der Waals surface area contributed by atoms with E-state index < -0.39 is 80.4 Å². The van der Waals surface area contributed by atoms with E-state index >= 15 is 0 Å². The first kappa shape index (κ1) is 29.1. The van der Waals surface area contributed by atoms with Crippen LogP contribution in [0.1, 0.15) is 43.9 Å². The Morgan fingerprint density at radius 2 is 1.05 bits per heavy atom. The molecule has 0 aromatic heterocycles. The SMILES string of the molecule is CCC(C)(C)c1c(F)c(F)c(Oc2ccc(C(c3ccc(O)cc3)(C(F)(F)F)C(F)(F)F)cc2)c(F)c1F. The molecule has 0 radical (unpaired) electrons. The van der Waals surface area contributed by atoms with Crippen LogP contribution in [-0.4, -0.2) is 17.5 Å². The van der Waals surface area contributed by atoms with E-state index in [9.17, 15) is 49.0 Å². The second kappa shape index (κ2) is 9.70. The first-order chi connectivity index (χ1) is 17.4. The molecule has 3 aromatic carbocycles. The van der Waals surface area contributed by atoms with Crippen molar-refractivity contribution in [3.05, 3.63) is 88.5 Å². The lowest BCUT2D eigenvalue weighted by Crippen LogP contribution is -2.54. The van der Waals surface area contributed by atoms with E-state index in [1.54, 1.807) is 0 Å². The highest BCUT2D eigenvalue weighted by atomic mass is 19.4. The smallest absolute Gasteiger partial charge is 0.411 e. The van der Waals surface area contributed by atoms with Crippen LogP contribution in [0.4, 0.5) is 43.9 Å². The normalized spacial score (nSPS) is 13.1. The van der Waals surface area contributed by atoms with Gasteiger partial charge in [-0.25, -0.2) is 8.78 Å². The van der Waals surface area contributed by atoms with Crippen molar-refractivity contribution >= 4 is 0 Å². The molecule has 3 aromatic rings. The van der Waals surface area contributed by atoms with Gasteiger partial charge in [0.05, 0.1) is 0 Å². The molecule has 2 nitrogen and oxygen atoms in total. The number of hydrogen-bond donors (Lipinski definition) is 1. The molecule has 3 rings (SSSR count). The zero-order chi connectivity index (χ0) is 28.8. The highest BCUT2D eigenvalue weighted by Gasteiger charge is 2.72. The van der Waals surface area contributed by atoms with Crippen LogP contribution >= 0.6 is 0 Å². The topological polar surface area (TPSA) is 29.5 Å². The average molecular weight is 554 g/mol. The van der Waals surface area contributed by atoms with Gasteiger partial charge < -0.3 is 9.84 Å². The van der Waals surface area contributed by atoms with Gasteiger partial charge >= 0.3 is 12.4 Å². The van der Waals surface area contributed by atoms with Crippen molar-refractivity contribution in [3.8, 4) is 17.2 Å². The third-order valence-electron chi connectivity index (χ3n) is 6.44. The largest absolute Gasteiger partial charge is 0.508 e. The number of benzene rings is 3. The Bertz CT molecular complexity index is 1270. The molecule has 38 heavy (non-hydrogen) atoms. The quantitative estimate of drug-likeness (QED) is 0.244. The minimum atomic E-state index is -5.93. The van der Waals surface area contributed by atoms with Crippen LogP contribution in [0.3, 0.4) is 0 Å². The molecular formula is C26H20F10O2. The maximum atomic E-state index is 14.7. The summed E-state index contributed by atoms with van der Waals surface area (Å²) in [6.45, 7) is 4.21. The zero-order valence-corrected chi connectivity index (χ0v) is 20.0. The van der Waals surface area contributed by atoms with Crippen LogP contribution in [0, 0.1) is 23.3 Å². The lowest BCUT2D eigenvalue weighted by Gasteiger charge is -2.38. The summed E-state index contributed by atoms with van der Waals surface area (Å²) in [5, 5.41) is 9.34. The van der Waals surface area contributed by atoms with Gasteiger partial charge in [0.25, 0.3) is 0 Å². The number of phenols is 1. The molecule has 0 unspecified atom stereocenters. The van der Waals surface area contributed by atoms with E-state index in [0.29, 0.717) is 48.5 Å². The highest BCUT2D eigenvalue weighted by Crippen LogP contribution is 2.56. The number of ether oxygens (including phenoxy) is 1. The summed E-state index contributed by atoms with van der Waals surface area (Å²) in [6.07, 6.45) is -11.8. The number of phenolic OH excluding ortho intramolecular Hbond substituents is 1. The minimum Gasteiger partial charge on any atom is -0.508 e. The van der Waals surface area contributed by atoms with Crippen molar-refractivity contribution in [2.75, 3.05) is 0 Å². The Hall–Kier alpha value is -3.44. The lowest BCUT2D eigenvalue weighted by molar-refractivity contribution is -0.288. The summed E-state index contributed by atoms with van der Waals surface area (Å²) in [5.41, 5.74) is -9.36. The molecule has 206 valence electrons. The Kier molecular flexibility index (Phi) is 7.43. The first-order valence-electron chi connectivity index (χ1n) is 11.0. The molecule has 1 N–H and O–H groups in total. The standard InChI is InChI=1S/C26H20F10O2/c1-4-23(2,3)17-18(27)20(29)22(21(30)19(17)28)38-16-11-7-14(8-12-16)24(25(31,32)33,26(34,35)36)13-5-9-15(37)10-6-13/h5-12,37H,4H2,1-3H3. The van der Waals surface area contributed by atoms with Gasteiger partial charge in [0.1, 0.15) is 11.5 Å². The van der Waals surface area contributed by atoms with E-state index in [1.165, 1.54) is 20.8 Å². The van der Waals surface area contributed by atoms with Gasteiger partial charge in [-0.2, -0.15) is 35.1 Å². The lowest BCUT2D eigenvalue weighted by atomic mass is 9.73. The van der Waals surface area contributed by atoms with Crippen LogP contribution in [0.2, 0.25) is 0 Å². The van der Waals surface area contributed by atoms with Crippen molar-refractivity contribution in [2.24, 2.45) is 0 Å². The van der Waals surface area contributed by atoms with Gasteiger partial charge in [-0.1, -0.05) is 45.0 Å². The Morgan fingerprint density at radius 1 is 0.658 bits per heavy atom. The average Bonchev–Trinajstić information content (AvgIpc) is 2.81. The molecule has 0 saturated carbocycles. The molecule has 0 atom stereocenters. The minimum absolute atomic E-state index is 0.0998. The number of halogens is 10. The van der Waals surface area contributed by atoms with Gasteiger partial charge in [0.2, 0.25) is 22.8 Å². The second-order valence-electron chi connectivity index (χ2n) is 9.12. The maximum absolute atomic E-state index is 14.7. The molecule has 12 heteroatoms.